The highest BCUT2D eigenvalue weighted by Crippen LogP contribution is 2.22. The monoisotopic (exact) mass is 242 g/mol. The first kappa shape index (κ1) is 14.5. The minimum Gasteiger partial charge on any atom is -0.480 e. The number of rotatable bonds is 6. The molecule has 1 heterocycles. The van der Waals surface area contributed by atoms with Gasteiger partial charge in [-0.25, -0.2) is 0 Å². The minimum absolute atomic E-state index is 0.556. The van der Waals surface area contributed by atoms with Crippen LogP contribution >= 0.6 is 0 Å². The van der Waals surface area contributed by atoms with Gasteiger partial charge in [0.1, 0.15) is 5.54 Å². The zero-order valence-corrected chi connectivity index (χ0v) is 11.3. The van der Waals surface area contributed by atoms with Crippen LogP contribution in [0, 0.1) is 5.92 Å². The molecule has 4 heteroatoms. The van der Waals surface area contributed by atoms with Gasteiger partial charge in [0.2, 0.25) is 0 Å². The highest BCUT2D eigenvalue weighted by atomic mass is 16.4. The Balaban J connectivity index is 2.19. The van der Waals surface area contributed by atoms with Crippen LogP contribution in [0.4, 0.5) is 0 Å². The maximum absolute atomic E-state index is 10.8. The summed E-state index contributed by atoms with van der Waals surface area (Å²) in [7, 11) is 0. The van der Waals surface area contributed by atoms with Crippen molar-refractivity contribution in [2.75, 3.05) is 13.1 Å². The lowest BCUT2D eigenvalue weighted by Crippen LogP contribution is -2.44. The number of carboxylic acid groups (broad SMARTS) is 1. The van der Waals surface area contributed by atoms with Crippen molar-refractivity contribution in [2.24, 2.45) is 11.7 Å². The van der Waals surface area contributed by atoms with E-state index in [4.69, 9.17) is 10.8 Å². The van der Waals surface area contributed by atoms with Crippen molar-refractivity contribution in [3.63, 3.8) is 0 Å². The number of unbranched alkanes of at least 4 members (excludes halogenated alkanes) is 1. The fraction of sp³-hybridized carbons (Fsp3) is 0.923. The van der Waals surface area contributed by atoms with Crippen LogP contribution in [-0.4, -0.2) is 40.6 Å². The largest absolute Gasteiger partial charge is 0.480 e. The van der Waals surface area contributed by atoms with Crippen LogP contribution < -0.4 is 5.73 Å². The second kappa shape index (κ2) is 5.83. The van der Waals surface area contributed by atoms with Crippen molar-refractivity contribution in [2.45, 2.75) is 58.0 Å². The number of nitrogens with zero attached hydrogens (tertiary/aromatic N) is 1. The predicted octanol–water partition coefficient (Wildman–Crippen LogP) is 1.69. The molecule has 3 unspecified atom stereocenters. The predicted molar refractivity (Wildman–Crippen MR) is 68.9 cm³/mol. The quantitative estimate of drug-likeness (QED) is 0.696. The molecule has 0 radical (unpaired) electrons. The Morgan fingerprint density at radius 2 is 2.12 bits per heavy atom. The van der Waals surface area contributed by atoms with Gasteiger partial charge in [0.25, 0.3) is 0 Å². The lowest BCUT2D eigenvalue weighted by atomic mass is 9.96. The average molecular weight is 242 g/mol. The van der Waals surface area contributed by atoms with Crippen LogP contribution in [-0.2, 0) is 4.79 Å². The van der Waals surface area contributed by atoms with E-state index in [2.05, 4.69) is 18.7 Å². The minimum atomic E-state index is -1.07. The molecule has 0 aromatic carbocycles. The summed E-state index contributed by atoms with van der Waals surface area (Å²) in [5.74, 6) is -0.107. The Bertz CT molecular complexity index is 266. The number of likely N-dealkylation sites (tertiary alicyclic amines) is 1. The Morgan fingerprint density at radius 1 is 1.47 bits per heavy atom. The molecule has 0 aromatic heterocycles. The van der Waals surface area contributed by atoms with Gasteiger partial charge >= 0.3 is 5.97 Å². The zero-order valence-electron chi connectivity index (χ0n) is 11.3. The van der Waals surface area contributed by atoms with Gasteiger partial charge in [-0.15, -0.1) is 0 Å². The van der Waals surface area contributed by atoms with Crippen LogP contribution in [0.15, 0.2) is 0 Å². The Morgan fingerprint density at radius 3 is 2.59 bits per heavy atom. The normalized spacial score (nSPS) is 29.2. The van der Waals surface area contributed by atoms with Gasteiger partial charge in [-0.05, 0) is 52.0 Å². The van der Waals surface area contributed by atoms with Gasteiger partial charge in [-0.1, -0.05) is 6.92 Å². The number of carboxylic acids is 1. The molecule has 0 aliphatic carbocycles. The van der Waals surface area contributed by atoms with E-state index in [0.717, 1.165) is 25.3 Å². The van der Waals surface area contributed by atoms with Crippen LogP contribution in [0.1, 0.15) is 46.5 Å². The maximum atomic E-state index is 10.8. The second-order valence-electron chi connectivity index (χ2n) is 5.86. The van der Waals surface area contributed by atoms with Crippen LogP contribution in [0.2, 0.25) is 0 Å². The molecule has 0 spiro atoms. The highest BCUT2D eigenvalue weighted by molar-refractivity contribution is 5.77. The summed E-state index contributed by atoms with van der Waals surface area (Å²) in [6, 6.07) is 0.675. The van der Waals surface area contributed by atoms with E-state index < -0.39 is 11.5 Å². The zero-order chi connectivity index (χ0) is 13.1. The molecule has 3 atom stereocenters. The molecule has 17 heavy (non-hydrogen) atoms. The SMILES string of the molecule is CC1CC(C)N(CCCCC(C)(N)C(=O)O)C1. The summed E-state index contributed by atoms with van der Waals surface area (Å²) in [4.78, 5) is 13.3. The van der Waals surface area contributed by atoms with Crippen molar-refractivity contribution in [1.29, 1.82) is 0 Å². The number of hydrogen-bond acceptors (Lipinski definition) is 3. The third-order valence-electron chi connectivity index (χ3n) is 3.79. The van der Waals surface area contributed by atoms with E-state index in [1.165, 1.54) is 13.0 Å². The highest BCUT2D eigenvalue weighted by Gasteiger charge is 2.28. The summed E-state index contributed by atoms with van der Waals surface area (Å²) in [5.41, 5.74) is 4.62. The molecular weight excluding hydrogens is 216 g/mol. The summed E-state index contributed by atoms with van der Waals surface area (Å²) < 4.78 is 0. The van der Waals surface area contributed by atoms with Gasteiger partial charge in [0.05, 0.1) is 0 Å². The molecular formula is C13H26N2O2. The molecule has 1 aliphatic heterocycles. The Hall–Kier alpha value is -0.610. The Kier molecular flexibility index (Phi) is 4.95. The van der Waals surface area contributed by atoms with E-state index in [1.807, 2.05) is 0 Å². The van der Waals surface area contributed by atoms with Crippen molar-refractivity contribution in [3.05, 3.63) is 0 Å². The molecule has 3 N–H and O–H groups in total. The fourth-order valence-electron chi connectivity index (χ4n) is 2.61. The topological polar surface area (TPSA) is 66.6 Å². The molecule has 1 aliphatic rings. The van der Waals surface area contributed by atoms with Crippen molar-refractivity contribution >= 4 is 5.97 Å². The van der Waals surface area contributed by atoms with E-state index >= 15 is 0 Å². The van der Waals surface area contributed by atoms with E-state index in [-0.39, 0.29) is 0 Å². The van der Waals surface area contributed by atoms with E-state index in [9.17, 15) is 4.79 Å². The van der Waals surface area contributed by atoms with Crippen LogP contribution in [0.3, 0.4) is 0 Å². The second-order valence-corrected chi connectivity index (χ2v) is 5.86. The smallest absolute Gasteiger partial charge is 0.323 e. The number of hydrogen-bond donors (Lipinski definition) is 2. The molecule has 0 amide bonds. The van der Waals surface area contributed by atoms with Gasteiger partial charge in [0, 0.05) is 12.6 Å². The molecule has 0 bridgehead atoms. The van der Waals surface area contributed by atoms with Crippen LogP contribution in [0.25, 0.3) is 0 Å². The molecule has 0 aromatic rings. The lowest BCUT2D eigenvalue weighted by molar-refractivity contribution is -0.142. The number of carbonyl (C=O) groups is 1. The standard InChI is InChI=1S/C13H26N2O2/c1-10-8-11(2)15(9-10)7-5-4-6-13(3,14)12(16)17/h10-11H,4-9,14H2,1-3H3,(H,16,17). The van der Waals surface area contributed by atoms with Crippen molar-refractivity contribution in [1.82, 2.24) is 4.90 Å². The lowest BCUT2D eigenvalue weighted by Gasteiger charge is -2.22. The summed E-state index contributed by atoms with van der Waals surface area (Å²) in [6.07, 6.45) is 3.76. The third kappa shape index (κ3) is 4.28. The van der Waals surface area contributed by atoms with Gasteiger partial charge in [-0.2, -0.15) is 0 Å². The molecule has 1 fully saturated rings. The fourth-order valence-corrected chi connectivity index (χ4v) is 2.61. The van der Waals surface area contributed by atoms with Gasteiger partial charge in [0.15, 0.2) is 0 Å². The molecule has 0 saturated carbocycles. The first-order valence-electron chi connectivity index (χ1n) is 6.59. The number of nitrogens with two attached hydrogens (primary N) is 1. The average Bonchev–Trinajstić information content (AvgIpc) is 2.52. The van der Waals surface area contributed by atoms with Crippen molar-refractivity contribution in [3.8, 4) is 0 Å². The number of aliphatic carboxylic acids is 1. The van der Waals surface area contributed by atoms with Gasteiger partial charge in [-0.3, -0.25) is 4.79 Å². The summed E-state index contributed by atoms with van der Waals surface area (Å²) in [5, 5.41) is 8.89. The van der Waals surface area contributed by atoms with Crippen molar-refractivity contribution < 1.29 is 9.90 Å². The molecule has 4 nitrogen and oxygen atoms in total. The summed E-state index contributed by atoms with van der Waals surface area (Å²) in [6.45, 7) is 8.41. The molecule has 1 saturated heterocycles. The maximum Gasteiger partial charge on any atom is 0.323 e. The first-order valence-corrected chi connectivity index (χ1v) is 6.59. The van der Waals surface area contributed by atoms with E-state index in [0.29, 0.717) is 12.5 Å². The third-order valence-corrected chi connectivity index (χ3v) is 3.79. The molecule has 100 valence electrons. The molecule has 1 rings (SSSR count). The van der Waals surface area contributed by atoms with E-state index in [1.54, 1.807) is 6.92 Å². The van der Waals surface area contributed by atoms with Crippen LogP contribution in [0.5, 0.6) is 0 Å². The Labute approximate surface area is 104 Å². The first-order chi connectivity index (χ1) is 7.83. The summed E-state index contributed by atoms with van der Waals surface area (Å²) >= 11 is 0. The van der Waals surface area contributed by atoms with Gasteiger partial charge < -0.3 is 15.7 Å².